The third kappa shape index (κ3) is 4.12. The van der Waals surface area contributed by atoms with Crippen LogP contribution in [-0.2, 0) is 16.1 Å². The van der Waals surface area contributed by atoms with Gasteiger partial charge >= 0.3 is 0 Å². The third-order valence-corrected chi connectivity index (χ3v) is 4.47. The summed E-state index contributed by atoms with van der Waals surface area (Å²) in [7, 11) is 1.59. The largest absolute Gasteiger partial charge is 0.497 e. The SMILES string of the molecule is COc1ccc(N2C[C@@H](C(=O)NCc3cccc(Cl)c3)CC2=O)cc1. The Morgan fingerprint density at radius 1 is 1.28 bits per heavy atom. The van der Waals surface area contributed by atoms with Crippen LogP contribution in [0.1, 0.15) is 12.0 Å². The minimum Gasteiger partial charge on any atom is -0.497 e. The molecule has 1 aliphatic heterocycles. The van der Waals surface area contributed by atoms with Crippen LogP contribution in [0.2, 0.25) is 5.02 Å². The number of anilines is 1. The lowest BCUT2D eigenvalue weighted by atomic mass is 10.1. The fraction of sp³-hybridized carbons (Fsp3) is 0.263. The number of ether oxygens (including phenoxy) is 1. The van der Waals surface area contributed by atoms with Gasteiger partial charge in [-0.3, -0.25) is 9.59 Å². The number of carbonyl (C=O) groups is 2. The van der Waals surface area contributed by atoms with Gasteiger partial charge in [0.15, 0.2) is 0 Å². The van der Waals surface area contributed by atoms with E-state index in [2.05, 4.69) is 5.32 Å². The first kappa shape index (κ1) is 17.3. The van der Waals surface area contributed by atoms with E-state index >= 15 is 0 Å². The van der Waals surface area contributed by atoms with Crippen LogP contribution in [0.3, 0.4) is 0 Å². The van der Waals surface area contributed by atoms with E-state index in [-0.39, 0.29) is 24.2 Å². The zero-order valence-corrected chi connectivity index (χ0v) is 14.6. The summed E-state index contributed by atoms with van der Waals surface area (Å²) in [5.41, 5.74) is 1.70. The van der Waals surface area contributed by atoms with E-state index in [4.69, 9.17) is 16.3 Å². The van der Waals surface area contributed by atoms with Crippen LogP contribution in [0, 0.1) is 5.92 Å². The molecule has 0 aromatic heterocycles. The lowest BCUT2D eigenvalue weighted by molar-refractivity contribution is -0.126. The standard InChI is InChI=1S/C19H19ClN2O3/c1-25-17-7-5-16(6-8-17)22-12-14(10-18(22)23)19(24)21-11-13-3-2-4-15(20)9-13/h2-9,14H,10-12H2,1H3,(H,21,24)/t14-/m0/s1. The highest BCUT2D eigenvalue weighted by Gasteiger charge is 2.34. The van der Waals surface area contributed by atoms with Crippen molar-refractivity contribution in [2.24, 2.45) is 5.92 Å². The molecule has 0 spiro atoms. The summed E-state index contributed by atoms with van der Waals surface area (Å²) in [6.45, 7) is 0.777. The molecule has 1 saturated heterocycles. The maximum Gasteiger partial charge on any atom is 0.227 e. The van der Waals surface area contributed by atoms with E-state index in [1.807, 2.05) is 30.3 Å². The summed E-state index contributed by atoms with van der Waals surface area (Å²) in [4.78, 5) is 26.3. The van der Waals surface area contributed by atoms with Gasteiger partial charge in [0, 0.05) is 30.2 Å². The molecule has 0 unspecified atom stereocenters. The van der Waals surface area contributed by atoms with Crippen molar-refractivity contribution in [2.45, 2.75) is 13.0 Å². The minimum absolute atomic E-state index is 0.0481. The van der Waals surface area contributed by atoms with Crippen molar-refractivity contribution < 1.29 is 14.3 Å². The number of halogens is 1. The summed E-state index contributed by atoms with van der Waals surface area (Å²) in [6.07, 6.45) is 0.216. The molecule has 0 aliphatic carbocycles. The molecule has 25 heavy (non-hydrogen) atoms. The molecule has 0 radical (unpaired) electrons. The van der Waals surface area contributed by atoms with Crippen molar-refractivity contribution in [2.75, 3.05) is 18.6 Å². The number of amides is 2. The van der Waals surface area contributed by atoms with Crippen LogP contribution >= 0.6 is 11.6 Å². The van der Waals surface area contributed by atoms with Gasteiger partial charge in [-0.2, -0.15) is 0 Å². The summed E-state index contributed by atoms with van der Waals surface area (Å²) >= 11 is 5.94. The van der Waals surface area contributed by atoms with Crippen molar-refractivity contribution in [3.63, 3.8) is 0 Å². The van der Waals surface area contributed by atoms with Gasteiger partial charge in [0.25, 0.3) is 0 Å². The summed E-state index contributed by atoms with van der Waals surface area (Å²) in [6, 6.07) is 14.6. The molecule has 1 aliphatic rings. The first-order valence-corrected chi connectivity index (χ1v) is 8.41. The fourth-order valence-electron chi connectivity index (χ4n) is 2.88. The molecule has 1 heterocycles. The monoisotopic (exact) mass is 358 g/mol. The molecule has 0 saturated carbocycles. The summed E-state index contributed by atoms with van der Waals surface area (Å²) in [5, 5.41) is 3.52. The highest BCUT2D eigenvalue weighted by Crippen LogP contribution is 2.27. The van der Waals surface area contributed by atoms with Gasteiger partial charge in [-0.1, -0.05) is 23.7 Å². The number of carbonyl (C=O) groups excluding carboxylic acids is 2. The maximum atomic E-state index is 12.4. The van der Waals surface area contributed by atoms with Crippen LogP contribution in [0.25, 0.3) is 0 Å². The molecular formula is C19H19ClN2O3. The zero-order valence-electron chi connectivity index (χ0n) is 13.9. The highest BCUT2D eigenvalue weighted by molar-refractivity contribution is 6.30. The van der Waals surface area contributed by atoms with Crippen molar-refractivity contribution in [1.29, 1.82) is 0 Å². The summed E-state index contributed by atoms with van der Waals surface area (Å²) in [5.74, 6) is 0.206. The molecule has 130 valence electrons. The number of hydrogen-bond donors (Lipinski definition) is 1. The van der Waals surface area contributed by atoms with Gasteiger partial charge in [-0.25, -0.2) is 0 Å². The number of rotatable bonds is 5. The average molecular weight is 359 g/mol. The van der Waals surface area contributed by atoms with Crippen molar-refractivity contribution >= 4 is 29.1 Å². The predicted molar refractivity (Wildman–Crippen MR) is 96.8 cm³/mol. The fourth-order valence-corrected chi connectivity index (χ4v) is 3.09. The minimum atomic E-state index is -0.353. The van der Waals surface area contributed by atoms with E-state index in [0.717, 1.165) is 17.0 Å². The highest BCUT2D eigenvalue weighted by atomic mass is 35.5. The molecule has 2 amide bonds. The first-order chi connectivity index (χ1) is 12.1. The van der Waals surface area contributed by atoms with Crippen LogP contribution in [0.5, 0.6) is 5.75 Å². The van der Waals surface area contributed by atoms with Gasteiger partial charge in [0.05, 0.1) is 13.0 Å². The number of benzene rings is 2. The van der Waals surface area contributed by atoms with E-state index < -0.39 is 0 Å². The van der Waals surface area contributed by atoms with Gasteiger partial charge in [-0.05, 0) is 42.0 Å². The zero-order chi connectivity index (χ0) is 17.8. The lowest BCUT2D eigenvalue weighted by Crippen LogP contribution is -2.32. The number of methoxy groups -OCH3 is 1. The molecule has 3 rings (SSSR count). The lowest BCUT2D eigenvalue weighted by Gasteiger charge is -2.17. The van der Waals surface area contributed by atoms with Crippen LogP contribution in [0.4, 0.5) is 5.69 Å². The Balaban J connectivity index is 1.60. The molecule has 2 aromatic rings. The van der Waals surface area contributed by atoms with Crippen molar-refractivity contribution in [3.8, 4) is 5.75 Å². The Labute approximate surface area is 151 Å². The average Bonchev–Trinajstić information content (AvgIpc) is 3.02. The molecule has 5 nitrogen and oxygen atoms in total. The van der Waals surface area contributed by atoms with E-state index in [0.29, 0.717) is 18.1 Å². The molecular weight excluding hydrogens is 340 g/mol. The van der Waals surface area contributed by atoms with Crippen molar-refractivity contribution in [1.82, 2.24) is 5.32 Å². The second-order valence-electron chi connectivity index (χ2n) is 5.95. The van der Waals surface area contributed by atoms with E-state index in [1.54, 1.807) is 30.2 Å². The number of nitrogens with one attached hydrogen (secondary N) is 1. The second kappa shape index (κ2) is 7.57. The van der Waals surface area contributed by atoms with Crippen molar-refractivity contribution in [3.05, 3.63) is 59.1 Å². The Bertz CT molecular complexity index is 776. The normalized spacial score (nSPS) is 16.8. The van der Waals surface area contributed by atoms with E-state index in [1.165, 1.54) is 0 Å². The molecule has 1 fully saturated rings. The van der Waals surface area contributed by atoms with E-state index in [9.17, 15) is 9.59 Å². The number of nitrogens with zero attached hydrogens (tertiary/aromatic N) is 1. The molecule has 1 atom stereocenters. The van der Waals surface area contributed by atoms with Crippen LogP contribution < -0.4 is 15.0 Å². The Morgan fingerprint density at radius 2 is 2.04 bits per heavy atom. The molecule has 6 heteroatoms. The predicted octanol–water partition coefficient (Wildman–Crippen LogP) is 3.02. The Kier molecular flexibility index (Phi) is 5.24. The maximum absolute atomic E-state index is 12.4. The molecule has 2 aromatic carbocycles. The van der Waals surface area contributed by atoms with Gasteiger partial charge in [0.2, 0.25) is 11.8 Å². The van der Waals surface area contributed by atoms with Gasteiger partial charge in [0.1, 0.15) is 5.75 Å². The Morgan fingerprint density at radius 3 is 2.72 bits per heavy atom. The molecule has 0 bridgehead atoms. The quantitative estimate of drug-likeness (QED) is 0.893. The third-order valence-electron chi connectivity index (χ3n) is 4.24. The molecule has 1 N–H and O–H groups in total. The first-order valence-electron chi connectivity index (χ1n) is 8.03. The second-order valence-corrected chi connectivity index (χ2v) is 6.39. The van der Waals surface area contributed by atoms with Crippen LogP contribution in [0.15, 0.2) is 48.5 Å². The topological polar surface area (TPSA) is 58.6 Å². The van der Waals surface area contributed by atoms with Crippen LogP contribution in [-0.4, -0.2) is 25.5 Å². The summed E-state index contributed by atoms with van der Waals surface area (Å²) < 4.78 is 5.12. The Hall–Kier alpha value is -2.53. The smallest absolute Gasteiger partial charge is 0.227 e. The van der Waals surface area contributed by atoms with Gasteiger partial charge < -0.3 is 15.0 Å². The number of hydrogen-bond acceptors (Lipinski definition) is 3. The van der Waals surface area contributed by atoms with Gasteiger partial charge in [-0.15, -0.1) is 0 Å².